The van der Waals surface area contributed by atoms with E-state index in [2.05, 4.69) is 0 Å². The van der Waals surface area contributed by atoms with Crippen LogP contribution in [0, 0.1) is 0 Å². The monoisotopic (exact) mass is 421 g/mol. The lowest BCUT2D eigenvalue weighted by Gasteiger charge is -2.32. The van der Waals surface area contributed by atoms with Gasteiger partial charge in [-0.05, 0) is 65.7 Å². The summed E-state index contributed by atoms with van der Waals surface area (Å²) < 4.78 is 63.2. The van der Waals surface area contributed by atoms with Crippen molar-refractivity contribution in [3.63, 3.8) is 0 Å². The summed E-state index contributed by atoms with van der Waals surface area (Å²) in [5.41, 5.74) is -1.27. The van der Waals surface area contributed by atoms with E-state index in [1.165, 1.54) is 19.9 Å². The Bertz CT molecular complexity index is 794. The van der Waals surface area contributed by atoms with Gasteiger partial charge in [0, 0.05) is 19.0 Å². The summed E-state index contributed by atoms with van der Waals surface area (Å²) in [5.74, 6) is -0.0222. The first kappa shape index (κ1) is 24.5. The number of carbonyl (C=O) groups excluding carboxylic acids is 1. The van der Waals surface area contributed by atoms with E-state index < -0.39 is 26.3 Å². The predicted molar refractivity (Wildman–Crippen MR) is 104 cm³/mol. The number of nitrogens with zero attached hydrogens (tertiary/aromatic N) is 1. The van der Waals surface area contributed by atoms with Crippen LogP contribution in [0.25, 0.3) is 0 Å². The number of alkyl halides is 3. The number of hydrogen-bond acceptors (Lipinski definition) is 3. The summed E-state index contributed by atoms with van der Waals surface area (Å²) in [6.45, 7) is 8.79. The fraction of sp³-hybridized carbons (Fsp3) is 0.650. The summed E-state index contributed by atoms with van der Waals surface area (Å²) in [7, 11) is -2.23. The molecule has 0 fully saturated rings. The molecule has 0 aromatic heterocycles. The van der Waals surface area contributed by atoms with E-state index in [1.54, 1.807) is 11.9 Å². The van der Waals surface area contributed by atoms with Gasteiger partial charge in [0.1, 0.15) is 0 Å². The highest BCUT2D eigenvalue weighted by atomic mass is 32.2. The second-order valence-corrected chi connectivity index (χ2v) is 11.2. The summed E-state index contributed by atoms with van der Waals surface area (Å²) in [5, 5.41) is 0. The SMILES string of the molecule is CN(C(=O)CCCCC(C)(C)S(=O)(=O)c1cccc(C(F)(F)F)c1)C(C)(C)C. The standard InChI is InChI=1S/C20H30F3NO3S/c1-18(2,3)24(6)17(25)12-7-8-13-19(4,5)28(26,27)16-11-9-10-15(14-16)20(21,22)23/h9-11,14H,7-8,12-13H2,1-6H3. The molecule has 0 aliphatic carbocycles. The Labute approximate surface area is 166 Å². The lowest BCUT2D eigenvalue weighted by Crippen LogP contribution is -2.42. The summed E-state index contributed by atoms with van der Waals surface area (Å²) in [4.78, 5) is 13.5. The van der Waals surface area contributed by atoms with Crippen molar-refractivity contribution in [2.75, 3.05) is 7.05 Å². The third-order valence-electron chi connectivity index (χ3n) is 5.00. The Hall–Kier alpha value is -1.57. The van der Waals surface area contributed by atoms with Crippen molar-refractivity contribution in [2.24, 2.45) is 0 Å². The second kappa shape index (κ2) is 8.43. The average molecular weight is 422 g/mol. The van der Waals surface area contributed by atoms with Gasteiger partial charge in [-0.25, -0.2) is 8.42 Å². The molecule has 0 radical (unpaired) electrons. The molecule has 0 aliphatic heterocycles. The molecule has 1 rings (SSSR count). The topological polar surface area (TPSA) is 54.5 Å². The van der Waals surface area contributed by atoms with Crippen LogP contribution in [-0.2, 0) is 20.8 Å². The van der Waals surface area contributed by atoms with Crippen molar-refractivity contribution in [2.45, 2.75) is 81.7 Å². The van der Waals surface area contributed by atoms with Gasteiger partial charge in [-0.15, -0.1) is 0 Å². The molecule has 0 atom stereocenters. The zero-order chi connectivity index (χ0) is 22.0. The largest absolute Gasteiger partial charge is 0.416 e. The van der Waals surface area contributed by atoms with Crippen LogP contribution < -0.4 is 0 Å². The average Bonchev–Trinajstić information content (AvgIpc) is 2.56. The van der Waals surface area contributed by atoms with Crippen LogP contribution in [0.3, 0.4) is 0 Å². The molecule has 0 unspecified atom stereocenters. The predicted octanol–water partition coefficient (Wildman–Crippen LogP) is 5.08. The van der Waals surface area contributed by atoms with Crippen LogP contribution in [0.1, 0.15) is 65.9 Å². The number of hydrogen-bond donors (Lipinski definition) is 0. The Morgan fingerprint density at radius 3 is 2.11 bits per heavy atom. The van der Waals surface area contributed by atoms with Crippen molar-refractivity contribution in [3.8, 4) is 0 Å². The summed E-state index contributed by atoms with van der Waals surface area (Å²) >= 11 is 0. The van der Waals surface area contributed by atoms with Gasteiger partial charge in [0.15, 0.2) is 9.84 Å². The molecule has 4 nitrogen and oxygen atoms in total. The molecule has 28 heavy (non-hydrogen) atoms. The minimum absolute atomic E-state index is 0.0222. The fourth-order valence-corrected chi connectivity index (χ4v) is 4.25. The highest BCUT2D eigenvalue weighted by Gasteiger charge is 2.37. The molecule has 0 saturated carbocycles. The van der Waals surface area contributed by atoms with Gasteiger partial charge in [-0.2, -0.15) is 13.2 Å². The van der Waals surface area contributed by atoms with E-state index in [-0.39, 0.29) is 22.8 Å². The van der Waals surface area contributed by atoms with Crippen molar-refractivity contribution < 1.29 is 26.4 Å². The highest BCUT2D eigenvalue weighted by Crippen LogP contribution is 2.34. The van der Waals surface area contributed by atoms with E-state index in [4.69, 9.17) is 0 Å². The molecular formula is C20H30F3NO3S. The first-order chi connectivity index (χ1) is 12.5. The van der Waals surface area contributed by atoms with Crippen LogP contribution in [0.5, 0.6) is 0 Å². The highest BCUT2D eigenvalue weighted by molar-refractivity contribution is 7.92. The smallest absolute Gasteiger partial charge is 0.341 e. The molecule has 160 valence electrons. The molecule has 0 heterocycles. The van der Waals surface area contributed by atoms with Crippen LogP contribution in [-0.4, -0.2) is 36.6 Å². The van der Waals surface area contributed by atoms with Crippen LogP contribution in [0.15, 0.2) is 29.2 Å². The number of benzene rings is 1. The Balaban J connectivity index is 2.80. The molecule has 1 aromatic carbocycles. The normalized spacial score (nSPS) is 13.5. The van der Waals surface area contributed by atoms with Gasteiger partial charge >= 0.3 is 6.18 Å². The Morgan fingerprint density at radius 2 is 1.61 bits per heavy atom. The van der Waals surface area contributed by atoms with Crippen molar-refractivity contribution in [3.05, 3.63) is 29.8 Å². The van der Waals surface area contributed by atoms with Gasteiger partial charge in [-0.3, -0.25) is 4.79 Å². The van der Waals surface area contributed by atoms with Crippen molar-refractivity contribution in [1.29, 1.82) is 0 Å². The van der Waals surface area contributed by atoms with E-state index >= 15 is 0 Å². The zero-order valence-corrected chi connectivity index (χ0v) is 18.2. The quantitative estimate of drug-likeness (QED) is 0.577. The van der Waals surface area contributed by atoms with E-state index in [0.717, 1.165) is 12.1 Å². The van der Waals surface area contributed by atoms with Gasteiger partial charge in [0.25, 0.3) is 0 Å². The maximum absolute atomic E-state index is 12.9. The van der Waals surface area contributed by atoms with Gasteiger partial charge in [0.05, 0.1) is 15.2 Å². The lowest BCUT2D eigenvalue weighted by atomic mass is 10.0. The molecule has 0 bridgehead atoms. The number of carbonyl (C=O) groups is 1. The number of unbranched alkanes of at least 4 members (excludes halogenated alkanes) is 1. The number of amides is 1. The van der Waals surface area contributed by atoms with Crippen molar-refractivity contribution >= 4 is 15.7 Å². The van der Waals surface area contributed by atoms with Crippen LogP contribution in [0.4, 0.5) is 13.2 Å². The third kappa shape index (κ3) is 5.96. The number of halogens is 3. The fourth-order valence-electron chi connectivity index (χ4n) is 2.66. The maximum atomic E-state index is 12.9. The molecule has 0 saturated heterocycles. The molecule has 0 spiro atoms. The molecular weight excluding hydrogens is 391 g/mol. The van der Waals surface area contributed by atoms with Crippen LogP contribution >= 0.6 is 0 Å². The van der Waals surface area contributed by atoms with Crippen molar-refractivity contribution in [1.82, 2.24) is 4.90 Å². The third-order valence-corrected chi connectivity index (χ3v) is 7.53. The number of sulfone groups is 1. The maximum Gasteiger partial charge on any atom is 0.416 e. The number of rotatable bonds is 7. The van der Waals surface area contributed by atoms with E-state index in [1.807, 2.05) is 20.8 Å². The van der Waals surface area contributed by atoms with E-state index in [9.17, 15) is 26.4 Å². The minimum atomic E-state index is -4.60. The molecule has 8 heteroatoms. The first-order valence-corrected chi connectivity index (χ1v) is 10.7. The molecule has 1 aromatic rings. The van der Waals surface area contributed by atoms with Gasteiger partial charge in [0.2, 0.25) is 5.91 Å². The summed E-state index contributed by atoms with van der Waals surface area (Å²) in [6.07, 6.45) is -3.06. The lowest BCUT2D eigenvalue weighted by molar-refractivity contribution is -0.137. The van der Waals surface area contributed by atoms with Gasteiger partial charge < -0.3 is 4.90 Å². The zero-order valence-electron chi connectivity index (χ0n) is 17.4. The summed E-state index contributed by atoms with van der Waals surface area (Å²) in [6, 6.07) is 3.82. The molecule has 0 N–H and O–H groups in total. The second-order valence-electron chi connectivity index (χ2n) is 8.62. The van der Waals surface area contributed by atoms with Gasteiger partial charge in [-0.1, -0.05) is 12.5 Å². The van der Waals surface area contributed by atoms with E-state index in [0.29, 0.717) is 25.3 Å². The molecule has 0 aliphatic rings. The minimum Gasteiger partial charge on any atom is -0.341 e. The molecule has 1 amide bonds. The van der Waals surface area contributed by atoms with Crippen LogP contribution in [0.2, 0.25) is 0 Å². The Morgan fingerprint density at radius 1 is 1.04 bits per heavy atom. The Kier molecular flexibility index (Phi) is 7.37. The first-order valence-electron chi connectivity index (χ1n) is 9.19.